The normalized spacial score (nSPS) is 12.2. The van der Waals surface area contributed by atoms with Crippen molar-refractivity contribution < 1.29 is 0 Å². The Morgan fingerprint density at radius 3 is 2.81 bits per heavy atom. The predicted molar refractivity (Wildman–Crippen MR) is 87.5 cm³/mol. The molecule has 3 heterocycles. The van der Waals surface area contributed by atoms with Crippen LogP contribution in [0.5, 0.6) is 0 Å². The van der Waals surface area contributed by atoms with Crippen LogP contribution in [0, 0.1) is 0 Å². The largest absolute Gasteiger partial charge is 0.300 e. The summed E-state index contributed by atoms with van der Waals surface area (Å²) in [4.78, 5) is 13.6. The van der Waals surface area contributed by atoms with E-state index in [1.165, 1.54) is 0 Å². The van der Waals surface area contributed by atoms with E-state index in [-0.39, 0.29) is 5.54 Å². The second kappa shape index (κ2) is 5.55. The van der Waals surface area contributed by atoms with Gasteiger partial charge in [-0.25, -0.2) is 15.0 Å². The SMILES string of the molecule is CC(C)(c1nccs1)n1c(CCCl)nc2cc(Cl)cnc21. The predicted octanol–water partition coefficient (Wildman–Crippen LogP) is 4.11. The highest BCUT2D eigenvalue weighted by atomic mass is 35.5. The van der Waals surface area contributed by atoms with Gasteiger partial charge in [0, 0.05) is 30.1 Å². The molecule has 0 atom stereocenters. The molecular formula is C14H14Cl2N4S. The topological polar surface area (TPSA) is 43.6 Å². The quantitative estimate of drug-likeness (QED) is 0.671. The maximum atomic E-state index is 6.02. The monoisotopic (exact) mass is 340 g/mol. The number of rotatable bonds is 4. The van der Waals surface area contributed by atoms with Crippen molar-refractivity contribution in [3.8, 4) is 0 Å². The molecule has 3 aromatic rings. The van der Waals surface area contributed by atoms with Crippen LogP contribution >= 0.6 is 34.5 Å². The highest BCUT2D eigenvalue weighted by Crippen LogP contribution is 2.32. The summed E-state index contributed by atoms with van der Waals surface area (Å²) in [6, 6.07) is 1.83. The van der Waals surface area contributed by atoms with Crippen molar-refractivity contribution in [3.05, 3.63) is 39.7 Å². The van der Waals surface area contributed by atoms with Crippen LogP contribution in [0.1, 0.15) is 24.7 Å². The maximum Gasteiger partial charge on any atom is 0.160 e. The molecule has 7 heteroatoms. The second-order valence-corrected chi connectivity index (χ2v) is 6.90. The summed E-state index contributed by atoms with van der Waals surface area (Å²) in [7, 11) is 0. The molecule has 110 valence electrons. The van der Waals surface area contributed by atoms with E-state index in [0.717, 1.165) is 22.0 Å². The first-order valence-corrected chi connectivity index (χ1v) is 8.32. The minimum absolute atomic E-state index is 0.342. The Hall–Kier alpha value is -1.17. The third kappa shape index (κ3) is 2.54. The molecule has 0 aliphatic heterocycles. The fourth-order valence-electron chi connectivity index (χ4n) is 2.45. The summed E-state index contributed by atoms with van der Waals surface area (Å²) < 4.78 is 2.11. The molecule has 3 rings (SSSR count). The van der Waals surface area contributed by atoms with E-state index < -0.39 is 0 Å². The zero-order chi connectivity index (χ0) is 15.0. The lowest BCUT2D eigenvalue weighted by molar-refractivity contribution is 0.429. The third-order valence-corrected chi connectivity index (χ3v) is 4.85. The molecule has 0 spiro atoms. The van der Waals surface area contributed by atoms with E-state index in [4.69, 9.17) is 23.2 Å². The van der Waals surface area contributed by atoms with Crippen LogP contribution in [0.25, 0.3) is 11.2 Å². The van der Waals surface area contributed by atoms with Gasteiger partial charge in [-0.15, -0.1) is 22.9 Å². The number of hydrogen-bond acceptors (Lipinski definition) is 4. The number of alkyl halides is 1. The van der Waals surface area contributed by atoms with Gasteiger partial charge in [-0.1, -0.05) is 11.6 Å². The molecule has 0 amide bonds. The maximum absolute atomic E-state index is 6.02. The molecule has 0 aliphatic rings. The molecule has 0 aliphatic carbocycles. The molecule has 0 radical (unpaired) electrons. The number of thiazole rings is 1. The fourth-order valence-corrected chi connectivity index (χ4v) is 3.52. The van der Waals surface area contributed by atoms with Gasteiger partial charge in [-0.05, 0) is 19.9 Å². The van der Waals surface area contributed by atoms with Crippen molar-refractivity contribution in [2.24, 2.45) is 0 Å². The van der Waals surface area contributed by atoms with Gasteiger partial charge < -0.3 is 4.57 Å². The zero-order valence-electron chi connectivity index (χ0n) is 11.7. The van der Waals surface area contributed by atoms with E-state index >= 15 is 0 Å². The lowest BCUT2D eigenvalue weighted by Gasteiger charge is -2.26. The Balaban J connectivity index is 2.26. The number of fused-ring (bicyclic) bond motifs is 1. The standard InChI is InChI=1S/C14H14Cl2N4S/c1-14(2,13-17-5-6-21-13)20-11(3-4-15)19-10-7-9(16)8-18-12(10)20/h5-8H,3-4H2,1-2H3. The van der Waals surface area contributed by atoms with Gasteiger partial charge in [0.15, 0.2) is 5.65 Å². The number of hydrogen-bond donors (Lipinski definition) is 0. The summed E-state index contributed by atoms with van der Waals surface area (Å²) in [6.45, 7) is 4.22. The Bertz CT molecular complexity index is 765. The van der Waals surface area contributed by atoms with E-state index in [0.29, 0.717) is 17.3 Å². The molecule has 4 nitrogen and oxygen atoms in total. The highest BCUT2D eigenvalue weighted by molar-refractivity contribution is 7.09. The van der Waals surface area contributed by atoms with Crippen LogP contribution in [-0.2, 0) is 12.0 Å². The van der Waals surface area contributed by atoms with Crippen molar-refractivity contribution in [1.82, 2.24) is 19.5 Å². The van der Waals surface area contributed by atoms with E-state index in [1.807, 2.05) is 17.6 Å². The van der Waals surface area contributed by atoms with Crippen molar-refractivity contribution in [3.63, 3.8) is 0 Å². The van der Waals surface area contributed by atoms with E-state index in [9.17, 15) is 0 Å². The molecule has 0 saturated heterocycles. The van der Waals surface area contributed by atoms with E-state index in [1.54, 1.807) is 17.5 Å². The molecule has 0 bridgehead atoms. The zero-order valence-corrected chi connectivity index (χ0v) is 14.0. The first kappa shape index (κ1) is 14.8. The highest BCUT2D eigenvalue weighted by Gasteiger charge is 2.30. The van der Waals surface area contributed by atoms with Gasteiger partial charge in [0.1, 0.15) is 16.3 Å². The summed E-state index contributed by atoms with van der Waals surface area (Å²) in [5.41, 5.74) is 1.25. The molecule has 3 aromatic heterocycles. The third-order valence-electron chi connectivity index (χ3n) is 3.37. The van der Waals surface area contributed by atoms with Gasteiger partial charge in [-0.2, -0.15) is 0 Å². The number of imidazole rings is 1. The first-order valence-electron chi connectivity index (χ1n) is 6.53. The Morgan fingerprint density at radius 2 is 2.14 bits per heavy atom. The number of pyridine rings is 1. The summed E-state index contributed by atoms with van der Waals surface area (Å²) in [6.07, 6.45) is 4.13. The van der Waals surface area contributed by atoms with Crippen LogP contribution in [-0.4, -0.2) is 25.4 Å². The van der Waals surface area contributed by atoms with Crippen LogP contribution in [0.15, 0.2) is 23.8 Å². The molecular weight excluding hydrogens is 327 g/mol. The first-order chi connectivity index (χ1) is 10.0. The van der Waals surface area contributed by atoms with Crippen LogP contribution < -0.4 is 0 Å². The summed E-state index contributed by atoms with van der Waals surface area (Å²) in [5, 5.41) is 3.56. The second-order valence-electron chi connectivity index (χ2n) is 5.19. The van der Waals surface area contributed by atoms with Gasteiger partial charge in [-0.3, -0.25) is 0 Å². The Kier molecular flexibility index (Phi) is 3.90. The molecule has 0 saturated carbocycles. The van der Waals surface area contributed by atoms with Crippen LogP contribution in [0.2, 0.25) is 5.02 Å². The van der Waals surface area contributed by atoms with Crippen molar-refractivity contribution in [2.45, 2.75) is 25.8 Å². The van der Waals surface area contributed by atoms with Crippen LogP contribution in [0.3, 0.4) is 0 Å². The van der Waals surface area contributed by atoms with Gasteiger partial charge >= 0.3 is 0 Å². The average Bonchev–Trinajstić information content (AvgIpc) is 3.05. The Morgan fingerprint density at radius 1 is 1.33 bits per heavy atom. The van der Waals surface area contributed by atoms with Gasteiger partial charge in [0.25, 0.3) is 0 Å². The van der Waals surface area contributed by atoms with Crippen molar-refractivity contribution in [1.29, 1.82) is 0 Å². The molecule has 0 fully saturated rings. The summed E-state index contributed by atoms with van der Waals surface area (Å²) >= 11 is 13.6. The lowest BCUT2D eigenvalue weighted by Crippen LogP contribution is -2.29. The smallest absolute Gasteiger partial charge is 0.160 e. The molecule has 0 unspecified atom stereocenters. The van der Waals surface area contributed by atoms with Gasteiger partial charge in [0.2, 0.25) is 0 Å². The van der Waals surface area contributed by atoms with Crippen molar-refractivity contribution >= 4 is 45.7 Å². The molecule has 21 heavy (non-hydrogen) atoms. The minimum atomic E-state index is -0.342. The lowest BCUT2D eigenvalue weighted by atomic mass is 10.1. The van der Waals surface area contributed by atoms with E-state index in [2.05, 4.69) is 33.4 Å². The van der Waals surface area contributed by atoms with Gasteiger partial charge in [0.05, 0.1) is 10.6 Å². The number of halogens is 2. The number of nitrogens with zero attached hydrogens (tertiary/aromatic N) is 4. The fraction of sp³-hybridized carbons (Fsp3) is 0.357. The molecule has 0 aromatic carbocycles. The summed E-state index contributed by atoms with van der Waals surface area (Å²) in [5.74, 6) is 1.40. The Labute approximate surface area is 136 Å². The molecule has 0 N–H and O–H groups in total. The van der Waals surface area contributed by atoms with Crippen LogP contribution in [0.4, 0.5) is 0 Å². The number of aromatic nitrogens is 4. The van der Waals surface area contributed by atoms with Crippen molar-refractivity contribution in [2.75, 3.05) is 5.88 Å². The number of aryl methyl sites for hydroxylation is 1. The minimum Gasteiger partial charge on any atom is -0.300 e. The average molecular weight is 341 g/mol.